The van der Waals surface area contributed by atoms with Crippen molar-refractivity contribution in [3.8, 4) is 0 Å². The molecule has 1 heterocycles. The maximum absolute atomic E-state index is 3.31. The number of piperidine rings is 1. The van der Waals surface area contributed by atoms with Crippen molar-refractivity contribution < 1.29 is 0 Å². The zero-order chi connectivity index (χ0) is 14.5. The molecular weight excluding hydrogens is 244 g/mol. The molecule has 2 rings (SSSR count). The fourth-order valence-electron chi connectivity index (χ4n) is 3.63. The van der Waals surface area contributed by atoms with Crippen molar-refractivity contribution in [2.75, 3.05) is 20.1 Å². The molecule has 1 aliphatic heterocycles. The summed E-state index contributed by atoms with van der Waals surface area (Å²) in [6.07, 6.45) is 5.37. The highest BCUT2D eigenvalue weighted by atomic mass is 15.2. The Morgan fingerprint density at radius 2 is 2.10 bits per heavy atom. The number of likely N-dealkylation sites (tertiary alicyclic amines) is 1. The Hall–Kier alpha value is -0.860. The van der Waals surface area contributed by atoms with Gasteiger partial charge in [-0.2, -0.15) is 0 Å². The van der Waals surface area contributed by atoms with Gasteiger partial charge in [-0.15, -0.1) is 0 Å². The van der Waals surface area contributed by atoms with E-state index in [2.05, 4.69) is 56.2 Å². The first-order valence-corrected chi connectivity index (χ1v) is 8.11. The van der Waals surface area contributed by atoms with Crippen LogP contribution in [0.1, 0.15) is 55.3 Å². The molecule has 0 saturated carbocycles. The monoisotopic (exact) mass is 274 g/mol. The summed E-state index contributed by atoms with van der Waals surface area (Å²) in [4.78, 5) is 2.73. The molecule has 1 aliphatic rings. The molecule has 2 heteroatoms. The molecule has 1 N–H and O–H groups in total. The lowest BCUT2D eigenvalue weighted by Gasteiger charge is -2.40. The molecule has 20 heavy (non-hydrogen) atoms. The lowest BCUT2D eigenvalue weighted by Crippen LogP contribution is -2.42. The summed E-state index contributed by atoms with van der Waals surface area (Å²) < 4.78 is 0. The third-order valence-electron chi connectivity index (χ3n) is 4.77. The van der Waals surface area contributed by atoms with Crippen molar-refractivity contribution in [2.24, 2.45) is 0 Å². The number of benzene rings is 1. The summed E-state index contributed by atoms with van der Waals surface area (Å²) in [7, 11) is 2.06. The van der Waals surface area contributed by atoms with E-state index in [-0.39, 0.29) is 0 Å². The van der Waals surface area contributed by atoms with Crippen LogP contribution in [0.4, 0.5) is 0 Å². The largest absolute Gasteiger partial charge is 0.320 e. The highest BCUT2D eigenvalue weighted by molar-refractivity contribution is 5.32. The summed E-state index contributed by atoms with van der Waals surface area (Å²) in [5.74, 6) is 0. The molecular formula is C18H30N2. The highest BCUT2D eigenvalue weighted by Crippen LogP contribution is 2.31. The van der Waals surface area contributed by atoms with Gasteiger partial charge in [0.2, 0.25) is 0 Å². The second-order valence-corrected chi connectivity index (χ2v) is 6.32. The lowest BCUT2D eigenvalue weighted by molar-refractivity contribution is 0.0969. The second kappa shape index (κ2) is 7.24. The summed E-state index contributed by atoms with van der Waals surface area (Å²) in [6, 6.07) is 8.19. The molecule has 0 spiro atoms. The topological polar surface area (TPSA) is 15.3 Å². The summed E-state index contributed by atoms with van der Waals surface area (Å²) in [5, 5.41) is 3.31. The third-order valence-corrected chi connectivity index (χ3v) is 4.77. The van der Waals surface area contributed by atoms with Crippen molar-refractivity contribution in [3.05, 3.63) is 34.9 Å². The lowest BCUT2D eigenvalue weighted by atomic mass is 9.93. The van der Waals surface area contributed by atoms with E-state index in [1.165, 1.54) is 48.9 Å². The average Bonchev–Trinajstić information content (AvgIpc) is 2.45. The number of nitrogens with one attached hydrogen (secondary N) is 1. The average molecular weight is 274 g/mol. The molecule has 1 aromatic rings. The molecule has 0 amide bonds. The van der Waals surface area contributed by atoms with Crippen LogP contribution in [0.2, 0.25) is 0 Å². The van der Waals surface area contributed by atoms with Gasteiger partial charge in [0, 0.05) is 12.1 Å². The van der Waals surface area contributed by atoms with Gasteiger partial charge in [0.1, 0.15) is 0 Å². The van der Waals surface area contributed by atoms with E-state index in [0.29, 0.717) is 6.04 Å². The first-order chi connectivity index (χ1) is 9.63. The van der Waals surface area contributed by atoms with Gasteiger partial charge in [0.25, 0.3) is 0 Å². The molecule has 1 saturated heterocycles. The SMILES string of the molecule is CNCCC1CCCCN1C(C)c1ccc(C)cc1C. The van der Waals surface area contributed by atoms with Gasteiger partial charge in [-0.05, 0) is 71.3 Å². The van der Waals surface area contributed by atoms with Gasteiger partial charge >= 0.3 is 0 Å². The Morgan fingerprint density at radius 1 is 1.30 bits per heavy atom. The fourth-order valence-corrected chi connectivity index (χ4v) is 3.63. The zero-order valence-electron chi connectivity index (χ0n) is 13.6. The maximum atomic E-state index is 3.31. The highest BCUT2D eigenvalue weighted by Gasteiger charge is 2.27. The van der Waals surface area contributed by atoms with E-state index >= 15 is 0 Å². The van der Waals surface area contributed by atoms with Crippen molar-refractivity contribution >= 4 is 0 Å². The molecule has 1 aromatic carbocycles. The summed E-state index contributed by atoms with van der Waals surface area (Å²) >= 11 is 0. The van der Waals surface area contributed by atoms with Crippen LogP contribution in [0.25, 0.3) is 0 Å². The van der Waals surface area contributed by atoms with Gasteiger partial charge in [-0.25, -0.2) is 0 Å². The minimum absolute atomic E-state index is 0.540. The molecule has 112 valence electrons. The number of hydrogen-bond acceptors (Lipinski definition) is 2. The van der Waals surface area contributed by atoms with Crippen LogP contribution in [-0.4, -0.2) is 31.1 Å². The summed E-state index contributed by atoms with van der Waals surface area (Å²) in [6.45, 7) is 9.20. The Kier molecular flexibility index (Phi) is 5.62. The molecule has 2 unspecified atom stereocenters. The zero-order valence-corrected chi connectivity index (χ0v) is 13.6. The Balaban J connectivity index is 2.13. The number of aryl methyl sites for hydroxylation is 2. The number of hydrogen-bond donors (Lipinski definition) is 1. The minimum atomic E-state index is 0.540. The first kappa shape index (κ1) is 15.5. The van der Waals surface area contributed by atoms with Gasteiger partial charge in [0.15, 0.2) is 0 Å². The van der Waals surface area contributed by atoms with Gasteiger partial charge in [-0.3, -0.25) is 4.90 Å². The van der Waals surface area contributed by atoms with Crippen LogP contribution < -0.4 is 5.32 Å². The quantitative estimate of drug-likeness (QED) is 0.878. The van der Waals surface area contributed by atoms with E-state index in [1.54, 1.807) is 0 Å². The van der Waals surface area contributed by atoms with Crippen LogP contribution in [0.3, 0.4) is 0 Å². The van der Waals surface area contributed by atoms with E-state index in [0.717, 1.165) is 12.6 Å². The second-order valence-electron chi connectivity index (χ2n) is 6.32. The molecule has 0 bridgehead atoms. The van der Waals surface area contributed by atoms with E-state index in [4.69, 9.17) is 0 Å². The van der Waals surface area contributed by atoms with E-state index < -0.39 is 0 Å². The number of rotatable bonds is 5. The predicted octanol–water partition coefficient (Wildman–Crippen LogP) is 3.83. The fraction of sp³-hybridized carbons (Fsp3) is 0.667. The van der Waals surface area contributed by atoms with Gasteiger partial charge < -0.3 is 5.32 Å². The van der Waals surface area contributed by atoms with Gasteiger partial charge in [-0.1, -0.05) is 30.2 Å². The Bertz CT molecular complexity index is 427. The van der Waals surface area contributed by atoms with Crippen molar-refractivity contribution in [1.29, 1.82) is 0 Å². The van der Waals surface area contributed by atoms with E-state index in [9.17, 15) is 0 Å². The number of nitrogens with zero attached hydrogens (tertiary/aromatic N) is 1. The first-order valence-electron chi connectivity index (χ1n) is 8.11. The molecule has 1 fully saturated rings. The van der Waals surface area contributed by atoms with Crippen LogP contribution in [0.5, 0.6) is 0 Å². The standard InChI is InChI=1S/C18H30N2/c1-14-8-9-18(15(2)13-14)16(3)20-12-6-5-7-17(20)10-11-19-4/h8-9,13,16-17,19H,5-7,10-12H2,1-4H3. The van der Waals surface area contributed by atoms with Crippen LogP contribution >= 0.6 is 0 Å². The van der Waals surface area contributed by atoms with Crippen molar-refractivity contribution in [3.63, 3.8) is 0 Å². The maximum Gasteiger partial charge on any atom is 0.0325 e. The molecule has 0 radical (unpaired) electrons. The van der Waals surface area contributed by atoms with Crippen LogP contribution in [-0.2, 0) is 0 Å². The normalized spacial score (nSPS) is 21.9. The van der Waals surface area contributed by atoms with Gasteiger partial charge in [0.05, 0.1) is 0 Å². The van der Waals surface area contributed by atoms with Crippen LogP contribution in [0, 0.1) is 13.8 Å². The minimum Gasteiger partial charge on any atom is -0.320 e. The smallest absolute Gasteiger partial charge is 0.0325 e. The molecule has 2 nitrogen and oxygen atoms in total. The Labute approximate surface area is 124 Å². The molecule has 0 aliphatic carbocycles. The van der Waals surface area contributed by atoms with Crippen molar-refractivity contribution in [2.45, 2.75) is 58.5 Å². The molecule has 0 aromatic heterocycles. The van der Waals surface area contributed by atoms with Crippen molar-refractivity contribution in [1.82, 2.24) is 10.2 Å². The third kappa shape index (κ3) is 3.62. The van der Waals surface area contributed by atoms with E-state index in [1.807, 2.05) is 0 Å². The van der Waals surface area contributed by atoms with Crippen LogP contribution in [0.15, 0.2) is 18.2 Å². The summed E-state index contributed by atoms with van der Waals surface area (Å²) in [5.41, 5.74) is 4.31. The predicted molar refractivity (Wildman–Crippen MR) is 87.2 cm³/mol. The Morgan fingerprint density at radius 3 is 2.80 bits per heavy atom. The molecule has 2 atom stereocenters.